The molecule has 0 N–H and O–H groups in total. The van der Waals surface area contributed by atoms with Crippen LogP contribution >= 0.6 is 23.2 Å². The number of carbonyl (C=O) groups is 2. The third-order valence-electron chi connectivity index (χ3n) is 4.41. The Labute approximate surface area is 144 Å². The van der Waals surface area contributed by atoms with Gasteiger partial charge in [-0.25, -0.2) is 4.79 Å². The van der Waals surface area contributed by atoms with Gasteiger partial charge in [0, 0.05) is 12.5 Å². The number of amides is 1. The molecule has 3 rings (SSSR count). The summed E-state index contributed by atoms with van der Waals surface area (Å²) >= 11 is 11.8. The molecule has 2 saturated heterocycles. The van der Waals surface area contributed by atoms with Crippen molar-refractivity contribution in [3.63, 3.8) is 0 Å². The van der Waals surface area contributed by atoms with Gasteiger partial charge in [0.15, 0.2) is 6.23 Å². The summed E-state index contributed by atoms with van der Waals surface area (Å²) in [6.45, 7) is 2.23. The molecule has 0 aromatic heterocycles. The molecule has 2 aliphatic heterocycles. The number of piperidine rings is 1. The van der Waals surface area contributed by atoms with Crippen LogP contribution in [0.3, 0.4) is 0 Å². The maximum Gasteiger partial charge on any atom is 0.412 e. The van der Waals surface area contributed by atoms with Crippen LogP contribution < -0.4 is 0 Å². The van der Waals surface area contributed by atoms with Gasteiger partial charge < -0.3 is 9.47 Å². The Morgan fingerprint density at radius 2 is 2.09 bits per heavy atom. The van der Waals surface area contributed by atoms with Gasteiger partial charge in [-0.05, 0) is 30.5 Å². The Morgan fingerprint density at radius 3 is 2.74 bits per heavy atom. The molecule has 2 aliphatic rings. The zero-order valence-corrected chi connectivity index (χ0v) is 14.1. The standard InChI is InChI=1S/C16H17Cl2NO4/c1-16(18,14(17)20)11-7-8-19(13-12(11)23-13)15(21)22-9-10-5-3-2-4-6-10/h2-6,11-13H,7-9H2,1H3. The van der Waals surface area contributed by atoms with Crippen molar-refractivity contribution in [1.29, 1.82) is 0 Å². The number of fused-ring (bicyclic) bond motifs is 1. The van der Waals surface area contributed by atoms with Crippen LogP contribution in [-0.4, -0.2) is 40.0 Å². The quantitative estimate of drug-likeness (QED) is 0.471. The van der Waals surface area contributed by atoms with Gasteiger partial charge in [0.25, 0.3) is 0 Å². The van der Waals surface area contributed by atoms with Crippen LogP contribution in [0.2, 0.25) is 0 Å². The molecule has 0 aliphatic carbocycles. The molecule has 0 radical (unpaired) electrons. The molecular formula is C16H17Cl2NO4. The lowest BCUT2D eigenvalue weighted by Crippen LogP contribution is -2.48. The van der Waals surface area contributed by atoms with E-state index in [4.69, 9.17) is 32.7 Å². The second kappa shape index (κ2) is 6.30. The molecule has 4 atom stereocenters. The fourth-order valence-electron chi connectivity index (χ4n) is 2.95. The monoisotopic (exact) mass is 357 g/mol. The molecule has 5 nitrogen and oxygen atoms in total. The van der Waals surface area contributed by atoms with Gasteiger partial charge in [-0.15, -0.1) is 11.6 Å². The van der Waals surface area contributed by atoms with Gasteiger partial charge in [0.1, 0.15) is 17.6 Å². The first-order chi connectivity index (χ1) is 10.9. The van der Waals surface area contributed by atoms with E-state index in [2.05, 4.69) is 0 Å². The predicted molar refractivity (Wildman–Crippen MR) is 85.2 cm³/mol. The van der Waals surface area contributed by atoms with E-state index in [-0.39, 0.29) is 24.9 Å². The molecule has 0 bridgehead atoms. The van der Waals surface area contributed by atoms with E-state index in [0.717, 1.165) is 5.56 Å². The summed E-state index contributed by atoms with van der Waals surface area (Å²) in [5.41, 5.74) is 0.921. The zero-order valence-electron chi connectivity index (χ0n) is 12.6. The number of ether oxygens (including phenoxy) is 2. The lowest BCUT2D eigenvalue weighted by atomic mass is 9.85. The van der Waals surface area contributed by atoms with Crippen molar-refractivity contribution >= 4 is 34.5 Å². The molecule has 2 heterocycles. The molecule has 7 heteroatoms. The summed E-state index contributed by atoms with van der Waals surface area (Å²) < 4.78 is 10.9. The number of nitrogens with zero attached hydrogens (tertiary/aromatic N) is 1. The molecule has 2 fully saturated rings. The van der Waals surface area contributed by atoms with Crippen LogP contribution in [-0.2, 0) is 20.9 Å². The van der Waals surface area contributed by atoms with E-state index in [0.29, 0.717) is 13.0 Å². The van der Waals surface area contributed by atoms with Crippen LogP contribution in [0.4, 0.5) is 4.79 Å². The molecule has 0 saturated carbocycles. The Bertz CT molecular complexity index is 607. The fourth-order valence-corrected chi connectivity index (χ4v) is 3.33. The summed E-state index contributed by atoms with van der Waals surface area (Å²) in [4.78, 5) is 24.0. The van der Waals surface area contributed by atoms with Gasteiger partial charge >= 0.3 is 6.09 Å². The average Bonchev–Trinajstić information content (AvgIpc) is 3.32. The van der Waals surface area contributed by atoms with E-state index in [1.54, 1.807) is 6.92 Å². The second-order valence-corrected chi connectivity index (χ2v) is 7.10. The number of alkyl halides is 1. The molecule has 23 heavy (non-hydrogen) atoms. The lowest BCUT2D eigenvalue weighted by molar-refractivity contribution is -0.115. The van der Waals surface area contributed by atoms with Crippen LogP contribution in [0.5, 0.6) is 0 Å². The molecule has 124 valence electrons. The molecule has 1 aromatic rings. The van der Waals surface area contributed by atoms with Gasteiger partial charge in [-0.1, -0.05) is 30.3 Å². The maximum absolute atomic E-state index is 12.2. The first-order valence-corrected chi connectivity index (χ1v) is 8.18. The van der Waals surface area contributed by atoms with Gasteiger partial charge in [0.05, 0.1) is 0 Å². The van der Waals surface area contributed by atoms with Crippen LogP contribution in [0.15, 0.2) is 30.3 Å². The molecule has 1 aromatic carbocycles. The van der Waals surface area contributed by atoms with Gasteiger partial charge in [0.2, 0.25) is 5.24 Å². The summed E-state index contributed by atoms with van der Waals surface area (Å²) in [7, 11) is 0. The number of hydrogen-bond acceptors (Lipinski definition) is 4. The smallest absolute Gasteiger partial charge is 0.412 e. The average molecular weight is 358 g/mol. The summed E-state index contributed by atoms with van der Waals surface area (Å²) in [5.74, 6) is -0.211. The zero-order chi connectivity index (χ0) is 16.6. The van der Waals surface area contributed by atoms with Crippen LogP contribution in [0.1, 0.15) is 18.9 Å². The number of epoxide rings is 1. The molecule has 4 unspecified atom stereocenters. The highest BCUT2D eigenvalue weighted by Gasteiger charge is 2.60. The number of hydrogen-bond donors (Lipinski definition) is 0. The SMILES string of the molecule is CC(Cl)(C(=O)Cl)C1CCN(C(=O)OCc2ccccc2)C2OC21. The number of rotatable bonds is 4. The number of carbonyl (C=O) groups excluding carboxylic acids is 2. The number of benzene rings is 1. The normalized spacial score (nSPS) is 28.5. The number of likely N-dealkylation sites (tertiary alicyclic amines) is 1. The third kappa shape index (κ3) is 3.32. The fraction of sp³-hybridized carbons (Fsp3) is 0.500. The van der Waals surface area contributed by atoms with Gasteiger partial charge in [-0.3, -0.25) is 9.69 Å². The minimum Gasteiger partial charge on any atom is -0.444 e. The first kappa shape index (κ1) is 16.6. The van der Waals surface area contributed by atoms with E-state index in [1.165, 1.54) is 4.90 Å². The van der Waals surface area contributed by atoms with Crippen molar-refractivity contribution in [2.24, 2.45) is 5.92 Å². The summed E-state index contributed by atoms with van der Waals surface area (Å²) in [6, 6.07) is 9.46. The minimum atomic E-state index is -1.18. The Morgan fingerprint density at radius 1 is 1.39 bits per heavy atom. The maximum atomic E-state index is 12.2. The summed E-state index contributed by atoms with van der Waals surface area (Å²) in [6.07, 6.45) is -0.530. The van der Waals surface area contributed by atoms with Crippen molar-refractivity contribution < 1.29 is 19.1 Å². The Hall–Kier alpha value is -1.30. The predicted octanol–water partition coefficient (Wildman–Crippen LogP) is 3.13. The van der Waals surface area contributed by atoms with Crippen molar-refractivity contribution in [3.8, 4) is 0 Å². The van der Waals surface area contributed by atoms with Crippen molar-refractivity contribution in [1.82, 2.24) is 4.90 Å². The Balaban J connectivity index is 1.56. The van der Waals surface area contributed by atoms with Crippen LogP contribution in [0, 0.1) is 5.92 Å². The third-order valence-corrected chi connectivity index (χ3v) is 5.35. The van der Waals surface area contributed by atoms with Crippen LogP contribution in [0.25, 0.3) is 0 Å². The van der Waals surface area contributed by atoms with E-state index < -0.39 is 16.2 Å². The van der Waals surface area contributed by atoms with E-state index in [1.807, 2.05) is 30.3 Å². The van der Waals surface area contributed by atoms with E-state index in [9.17, 15) is 9.59 Å². The van der Waals surface area contributed by atoms with Gasteiger partial charge in [-0.2, -0.15) is 0 Å². The highest BCUT2D eigenvalue weighted by Crippen LogP contribution is 2.47. The highest BCUT2D eigenvalue weighted by molar-refractivity contribution is 6.70. The molecule has 1 amide bonds. The van der Waals surface area contributed by atoms with E-state index >= 15 is 0 Å². The largest absolute Gasteiger partial charge is 0.444 e. The highest BCUT2D eigenvalue weighted by atomic mass is 35.5. The molecular weight excluding hydrogens is 341 g/mol. The van der Waals surface area contributed by atoms with Crippen molar-refractivity contribution in [2.45, 2.75) is 37.2 Å². The topological polar surface area (TPSA) is 59.1 Å². The number of halogens is 2. The van der Waals surface area contributed by atoms with Crippen molar-refractivity contribution in [3.05, 3.63) is 35.9 Å². The minimum absolute atomic E-state index is 0.211. The lowest BCUT2D eigenvalue weighted by Gasteiger charge is -2.33. The molecule has 0 spiro atoms. The summed E-state index contributed by atoms with van der Waals surface area (Å²) in [5, 5.41) is -0.599. The second-order valence-electron chi connectivity index (χ2n) is 5.97. The first-order valence-electron chi connectivity index (χ1n) is 7.43. The van der Waals surface area contributed by atoms with Crippen molar-refractivity contribution in [2.75, 3.05) is 6.54 Å². The Kier molecular flexibility index (Phi) is 4.54.